The van der Waals surface area contributed by atoms with E-state index in [1.807, 2.05) is 13.8 Å². The van der Waals surface area contributed by atoms with Crippen molar-refractivity contribution in [2.45, 2.75) is 39.7 Å². The van der Waals surface area contributed by atoms with Crippen molar-refractivity contribution in [3.8, 4) is 11.5 Å². The predicted molar refractivity (Wildman–Crippen MR) is 83.8 cm³/mol. The van der Waals surface area contributed by atoms with Gasteiger partial charge in [0, 0.05) is 12.8 Å². The maximum atomic E-state index is 12.0. The largest absolute Gasteiger partial charge is 0.469 e. The zero-order chi connectivity index (χ0) is 17.7. The Bertz CT molecular complexity index is 704. The van der Waals surface area contributed by atoms with Crippen LogP contribution in [0.15, 0.2) is 21.2 Å². The van der Waals surface area contributed by atoms with Crippen molar-refractivity contribution in [2.24, 2.45) is 5.92 Å². The van der Waals surface area contributed by atoms with Gasteiger partial charge < -0.3 is 18.9 Å². The molecule has 1 unspecified atom stereocenters. The molecule has 2 aromatic heterocycles. The molecule has 1 atom stereocenters. The summed E-state index contributed by atoms with van der Waals surface area (Å²) < 4.78 is 15.4. The van der Waals surface area contributed by atoms with Gasteiger partial charge in [0.25, 0.3) is 5.89 Å². The standard InChI is InChI=1S/C16H21N3O5/c1-9(2)14(16(21)22-4)17-12(20)5-6-13-18-19-15(24-13)11-7-8-23-10(11)3/h7-9,14H,5-6H2,1-4H3,(H,17,20). The topological polar surface area (TPSA) is 107 Å². The van der Waals surface area contributed by atoms with Crippen LogP contribution in [0.1, 0.15) is 31.9 Å². The highest BCUT2D eigenvalue weighted by Crippen LogP contribution is 2.22. The Labute approximate surface area is 139 Å². The van der Waals surface area contributed by atoms with E-state index >= 15 is 0 Å². The fourth-order valence-electron chi connectivity index (χ4n) is 2.16. The van der Waals surface area contributed by atoms with Gasteiger partial charge in [-0.3, -0.25) is 4.79 Å². The van der Waals surface area contributed by atoms with Crippen molar-refractivity contribution < 1.29 is 23.2 Å². The van der Waals surface area contributed by atoms with E-state index in [1.165, 1.54) is 7.11 Å². The van der Waals surface area contributed by atoms with Crippen molar-refractivity contribution in [1.29, 1.82) is 0 Å². The highest BCUT2D eigenvalue weighted by molar-refractivity contribution is 5.84. The van der Waals surface area contributed by atoms with Crippen LogP contribution in [0.5, 0.6) is 0 Å². The lowest BCUT2D eigenvalue weighted by Crippen LogP contribution is -2.45. The van der Waals surface area contributed by atoms with Crippen molar-refractivity contribution in [3.63, 3.8) is 0 Å². The predicted octanol–water partition coefficient (Wildman–Crippen LogP) is 1.88. The van der Waals surface area contributed by atoms with Gasteiger partial charge in [-0.1, -0.05) is 13.8 Å². The van der Waals surface area contributed by atoms with E-state index in [1.54, 1.807) is 19.3 Å². The fourth-order valence-corrected chi connectivity index (χ4v) is 2.16. The molecule has 0 radical (unpaired) electrons. The van der Waals surface area contributed by atoms with E-state index in [9.17, 15) is 9.59 Å². The van der Waals surface area contributed by atoms with Crippen LogP contribution in [0, 0.1) is 12.8 Å². The molecule has 1 amide bonds. The number of hydrogen-bond acceptors (Lipinski definition) is 7. The minimum atomic E-state index is -0.672. The molecular weight excluding hydrogens is 314 g/mol. The van der Waals surface area contributed by atoms with Crippen molar-refractivity contribution >= 4 is 11.9 Å². The zero-order valence-corrected chi connectivity index (χ0v) is 14.2. The smallest absolute Gasteiger partial charge is 0.328 e. The van der Waals surface area contributed by atoms with Gasteiger partial charge in [-0.15, -0.1) is 10.2 Å². The van der Waals surface area contributed by atoms with Gasteiger partial charge in [0.15, 0.2) is 0 Å². The van der Waals surface area contributed by atoms with Crippen LogP contribution >= 0.6 is 0 Å². The van der Waals surface area contributed by atoms with E-state index < -0.39 is 12.0 Å². The molecule has 24 heavy (non-hydrogen) atoms. The van der Waals surface area contributed by atoms with Crippen LogP contribution in [0.2, 0.25) is 0 Å². The summed E-state index contributed by atoms with van der Waals surface area (Å²) in [5.41, 5.74) is 0.726. The van der Waals surface area contributed by atoms with Gasteiger partial charge >= 0.3 is 5.97 Å². The van der Waals surface area contributed by atoms with E-state index in [2.05, 4.69) is 20.3 Å². The molecular formula is C16H21N3O5. The molecule has 0 aromatic carbocycles. The van der Waals surface area contributed by atoms with Gasteiger partial charge in [0.1, 0.15) is 11.8 Å². The second-order valence-electron chi connectivity index (χ2n) is 5.70. The van der Waals surface area contributed by atoms with Crippen LogP contribution in [-0.4, -0.2) is 35.2 Å². The van der Waals surface area contributed by atoms with Gasteiger partial charge in [0.2, 0.25) is 11.8 Å². The summed E-state index contributed by atoms with van der Waals surface area (Å²) in [4.78, 5) is 23.7. The SMILES string of the molecule is COC(=O)C(NC(=O)CCc1nnc(-c2ccoc2C)o1)C(C)C. The lowest BCUT2D eigenvalue weighted by molar-refractivity contribution is -0.146. The first-order valence-electron chi connectivity index (χ1n) is 7.66. The number of esters is 1. The third-order valence-electron chi connectivity index (χ3n) is 3.56. The molecule has 130 valence electrons. The maximum absolute atomic E-state index is 12.0. The molecule has 2 heterocycles. The second-order valence-corrected chi connectivity index (χ2v) is 5.70. The molecule has 0 spiro atoms. The van der Waals surface area contributed by atoms with E-state index in [4.69, 9.17) is 8.83 Å². The Morgan fingerprint density at radius 3 is 2.67 bits per heavy atom. The Kier molecular flexibility index (Phi) is 5.73. The number of methoxy groups -OCH3 is 1. The number of nitrogens with one attached hydrogen (secondary N) is 1. The molecule has 0 fully saturated rings. The maximum Gasteiger partial charge on any atom is 0.328 e. The average molecular weight is 335 g/mol. The highest BCUT2D eigenvalue weighted by Gasteiger charge is 2.25. The molecule has 0 saturated carbocycles. The minimum absolute atomic E-state index is 0.0690. The third kappa shape index (κ3) is 4.21. The number of furan rings is 1. The first-order valence-corrected chi connectivity index (χ1v) is 7.66. The summed E-state index contributed by atoms with van der Waals surface area (Å²) in [6.45, 7) is 5.46. The summed E-state index contributed by atoms with van der Waals surface area (Å²) in [5, 5.41) is 10.5. The zero-order valence-electron chi connectivity index (χ0n) is 14.2. The number of nitrogens with zero attached hydrogens (tertiary/aromatic N) is 2. The van der Waals surface area contributed by atoms with Crippen LogP contribution in [0.3, 0.4) is 0 Å². The van der Waals surface area contributed by atoms with Gasteiger partial charge in [-0.2, -0.15) is 0 Å². The summed E-state index contributed by atoms with van der Waals surface area (Å²) in [7, 11) is 1.29. The van der Waals surface area contributed by atoms with Crippen LogP contribution < -0.4 is 5.32 Å². The monoisotopic (exact) mass is 335 g/mol. The first kappa shape index (κ1) is 17.7. The third-order valence-corrected chi connectivity index (χ3v) is 3.56. The molecule has 0 saturated heterocycles. The molecule has 2 aromatic rings. The van der Waals surface area contributed by atoms with E-state index in [-0.39, 0.29) is 24.7 Å². The number of aryl methyl sites for hydroxylation is 2. The Hall–Kier alpha value is -2.64. The fraction of sp³-hybridized carbons (Fsp3) is 0.500. The Balaban J connectivity index is 1.91. The molecule has 2 rings (SSSR count). The molecule has 0 bridgehead atoms. The van der Waals surface area contributed by atoms with Crippen LogP contribution in [-0.2, 0) is 20.7 Å². The lowest BCUT2D eigenvalue weighted by atomic mass is 10.0. The number of amides is 1. The lowest BCUT2D eigenvalue weighted by Gasteiger charge is -2.19. The number of aromatic nitrogens is 2. The number of hydrogen-bond donors (Lipinski definition) is 1. The summed E-state index contributed by atoms with van der Waals surface area (Å²) in [6, 6.07) is 1.07. The average Bonchev–Trinajstić information content (AvgIpc) is 3.18. The molecule has 1 N–H and O–H groups in total. The van der Waals surface area contributed by atoms with Crippen LogP contribution in [0.25, 0.3) is 11.5 Å². The Morgan fingerprint density at radius 1 is 1.33 bits per heavy atom. The molecule has 0 aliphatic carbocycles. The van der Waals surface area contributed by atoms with Crippen LogP contribution in [0.4, 0.5) is 0 Å². The molecule has 8 heteroatoms. The summed E-state index contributed by atoms with van der Waals surface area (Å²) in [5.74, 6) is 0.569. The number of ether oxygens (including phenoxy) is 1. The van der Waals surface area contributed by atoms with Crippen molar-refractivity contribution in [2.75, 3.05) is 7.11 Å². The van der Waals surface area contributed by atoms with Gasteiger partial charge in [0.05, 0.1) is 18.9 Å². The summed E-state index contributed by atoms with van der Waals surface area (Å²) >= 11 is 0. The van der Waals surface area contributed by atoms with Gasteiger partial charge in [-0.25, -0.2) is 4.79 Å². The normalized spacial score (nSPS) is 12.2. The quantitative estimate of drug-likeness (QED) is 0.770. The molecule has 0 aliphatic rings. The number of rotatable bonds is 7. The highest BCUT2D eigenvalue weighted by atomic mass is 16.5. The first-order chi connectivity index (χ1) is 11.4. The van der Waals surface area contributed by atoms with Crippen molar-refractivity contribution in [3.05, 3.63) is 24.0 Å². The van der Waals surface area contributed by atoms with Gasteiger partial charge in [-0.05, 0) is 18.9 Å². The number of carbonyl (C=O) groups excluding carboxylic acids is 2. The summed E-state index contributed by atoms with van der Waals surface area (Å²) in [6.07, 6.45) is 1.95. The number of carbonyl (C=O) groups is 2. The van der Waals surface area contributed by atoms with Crippen molar-refractivity contribution in [1.82, 2.24) is 15.5 Å². The molecule has 0 aliphatic heterocycles. The van der Waals surface area contributed by atoms with E-state index in [0.29, 0.717) is 17.5 Å². The minimum Gasteiger partial charge on any atom is -0.469 e. The second kappa shape index (κ2) is 7.76. The van der Waals surface area contributed by atoms with E-state index in [0.717, 1.165) is 5.56 Å². The Morgan fingerprint density at radius 2 is 2.08 bits per heavy atom. The molecule has 8 nitrogen and oxygen atoms in total.